The van der Waals surface area contributed by atoms with Gasteiger partial charge >= 0.3 is 0 Å². The monoisotopic (exact) mass is 332 g/mol. The summed E-state index contributed by atoms with van der Waals surface area (Å²) < 4.78 is 40.8. The number of amides is 1. The summed E-state index contributed by atoms with van der Waals surface area (Å²) in [5, 5.41) is 2.98. The molecule has 24 heavy (non-hydrogen) atoms. The van der Waals surface area contributed by atoms with E-state index in [0.29, 0.717) is 16.5 Å². The molecule has 3 aromatic rings. The number of anilines is 1. The van der Waals surface area contributed by atoms with Gasteiger partial charge in [0.2, 0.25) is 5.91 Å². The zero-order valence-electron chi connectivity index (χ0n) is 13.1. The summed E-state index contributed by atoms with van der Waals surface area (Å²) in [6.07, 6.45) is 1.60. The number of carbonyl (C=O) groups is 1. The molecule has 0 saturated heterocycles. The number of carbonyl (C=O) groups excluding carboxylic acids is 1. The Morgan fingerprint density at radius 3 is 2.42 bits per heavy atom. The molecule has 0 aliphatic heterocycles. The summed E-state index contributed by atoms with van der Waals surface area (Å²) in [6, 6.07) is 7.54. The predicted molar refractivity (Wildman–Crippen MR) is 86.3 cm³/mol. The summed E-state index contributed by atoms with van der Waals surface area (Å²) in [7, 11) is 0. The molecule has 0 unspecified atom stereocenters. The van der Waals surface area contributed by atoms with E-state index >= 15 is 0 Å². The van der Waals surface area contributed by atoms with Crippen molar-refractivity contribution in [3.05, 3.63) is 65.6 Å². The van der Waals surface area contributed by atoms with Gasteiger partial charge in [0.15, 0.2) is 0 Å². The van der Waals surface area contributed by atoms with E-state index in [1.807, 2.05) is 0 Å². The lowest BCUT2D eigenvalue weighted by atomic mass is 9.83. The number of aromatic amines is 1. The molecule has 6 heteroatoms. The number of rotatable bonds is 3. The molecule has 3 rings (SSSR count). The van der Waals surface area contributed by atoms with Crippen LogP contribution in [0.15, 0.2) is 42.6 Å². The van der Waals surface area contributed by atoms with Crippen LogP contribution in [-0.2, 0) is 10.2 Å². The fraction of sp³-hybridized carbons (Fsp3) is 0.167. The van der Waals surface area contributed by atoms with Gasteiger partial charge in [0, 0.05) is 17.1 Å². The number of nitrogens with one attached hydrogen (secondary N) is 2. The number of halogens is 3. The van der Waals surface area contributed by atoms with Crippen molar-refractivity contribution < 1.29 is 18.0 Å². The molecule has 124 valence electrons. The third-order valence-corrected chi connectivity index (χ3v) is 4.09. The van der Waals surface area contributed by atoms with Gasteiger partial charge in [-0.3, -0.25) is 4.79 Å². The zero-order valence-corrected chi connectivity index (χ0v) is 13.1. The molecule has 0 bridgehead atoms. The molecule has 0 radical (unpaired) electrons. The number of H-pyrrole nitrogens is 1. The van der Waals surface area contributed by atoms with Crippen LogP contribution in [0.3, 0.4) is 0 Å². The third kappa shape index (κ3) is 2.64. The zero-order chi connectivity index (χ0) is 17.5. The first kappa shape index (κ1) is 16.1. The van der Waals surface area contributed by atoms with Crippen molar-refractivity contribution in [2.24, 2.45) is 0 Å². The second kappa shape index (κ2) is 5.70. The summed E-state index contributed by atoms with van der Waals surface area (Å²) in [5.74, 6) is -2.66. The highest BCUT2D eigenvalue weighted by molar-refractivity contribution is 6.02. The Labute approximate surface area is 136 Å². The number of para-hydroxylation sites is 1. The Kier molecular flexibility index (Phi) is 3.83. The van der Waals surface area contributed by atoms with E-state index in [4.69, 9.17) is 0 Å². The fourth-order valence-corrected chi connectivity index (χ4v) is 2.62. The molecule has 0 fully saturated rings. The Morgan fingerprint density at radius 2 is 1.75 bits per heavy atom. The van der Waals surface area contributed by atoms with Gasteiger partial charge in [0.25, 0.3) is 0 Å². The van der Waals surface area contributed by atoms with Crippen LogP contribution in [0, 0.1) is 17.5 Å². The molecule has 2 N–H and O–H groups in total. The number of benzene rings is 2. The van der Waals surface area contributed by atoms with Crippen molar-refractivity contribution in [2.45, 2.75) is 19.3 Å². The topological polar surface area (TPSA) is 44.9 Å². The van der Waals surface area contributed by atoms with E-state index in [0.717, 1.165) is 12.1 Å². The maximum atomic E-state index is 13.7. The SMILES string of the molecule is CC(C)(C(=O)Nc1c(F)cccc1F)c1c[nH]c2cc(F)ccc12. The van der Waals surface area contributed by atoms with Gasteiger partial charge in [-0.1, -0.05) is 6.07 Å². The number of hydrogen-bond donors (Lipinski definition) is 2. The van der Waals surface area contributed by atoms with Crippen molar-refractivity contribution in [1.82, 2.24) is 4.98 Å². The lowest BCUT2D eigenvalue weighted by Crippen LogP contribution is -2.35. The van der Waals surface area contributed by atoms with Crippen molar-refractivity contribution in [3.63, 3.8) is 0 Å². The van der Waals surface area contributed by atoms with Crippen LogP contribution in [0.25, 0.3) is 10.9 Å². The molecule has 0 atom stereocenters. The van der Waals surface area contributed by atoms with E-state index in [1.165, 1.54) is 18.2 Å². The van der Waals surface area contributed by atoms with Gasteiger partial charge in [0.1, 0.15) is 23.1 Å². The first-order valence-electron chi connectivity index (χ1n) is 7.33. The number of aromatic nitrogens is 1. The van der Waals surface area contributed by atoms with Gasteiger partial charge in [-0.15, -0.1) is 0 Å². The second-order valence-corrected chi connectivity index (χ2v) is 6.07. The highest BCUT2D eigenvalue weighted by Crippen LogP contribution is 2.32. The molecular weight excluding hydrogens is 317 g/mol. The van der Waals surface area contributed by atoms with Crippen LogP contribution in [0.2, 0.25) is 0 Å². The van der Waals surface area contributed by atoms with E-state index in [-0.39, 0.29) is 0 Å². The highest BCUT2D eigenvalue weighted by atomic mass is 19.1. The Hall–Kier alpha value is -2.76. The molecule has 1 aromatic heterocycles. The molecule has 0 saturated carbocycles. The smallest absolute Gasteiger partial charge is 0.234 e. The summed E-state index contributed by atoms with van der Waals surface area (Å²) >= 11 is 0. The molecule has 3 nitrogen and oxygen atoms in total. The van der Waals surface area contributed by atoms with Crippen molar-refractivity contribution in [2.75, 3.05) is 5.32 Å². The maximum absolute atomic E-state index is 13.7. The van der Waals surface area contributed by atoms with Crippen LogP contribution >= 0.6 is 0 Å². The van der Waals surface area contributed by atoms with Gasteiger partial charge < -0.3 is 10.3 Å². The Balaban J connectivity index is 1.98. The maximum Gasteiger partial charge on any atom is 0.234 e. The van der Waals surface area contributed by atoms with Crippen LogP contribution in [0.4, 0.5) is 18.9 Å². The quantitative estimate of drug-likeness (QED) is 0.729. The number of hydrogen-bond acceptors (Lipinski definition) is 1. The second-order valence-electron chi connectivity index (χ2n) is 6.07. The van der Waals surface area contributed by atoms with E-state index < -0.39 is 34.5 Å². The van der Waals surface area contributed by atoms with E-state index in [9.17, 15) is 18.0 Å². The molecular formula is C18H15F3N2O. The van der Waals surface area contributed by atoms with Gasteiger partial charge in [-0.25, -0.2) is 13.2 Å². The molecule has 1 amide bonds. The van der Waals surface area contributed by atoms with Crippen LogP contribution < -0.4 is 5.32 Å². The lowest BCUT2D eigenvalue weighted by Gasteiger charge is -2.23. The van der Waals surface area contributed by atoms with E-state index in [2.05, 4.69) is 10.3 Å². The molecule has 0 spiro atoms. The van der Waals surface area contributed by atoms with Crippen molar-refractivity contribution in [3.8, 4) is 0 Å². The Bertz CT molecular complexity index is 911. The first-order valence-corrected chi connectivity index (χ1v) is 7.33. The first-order chi connectivity index (χ1) is 11.3. The molecule has 0 aliphatic carbocycles. The standard InChI is InChI=1S/C18H15F3N2O/c1-18(2,12-9-22-15-8-10(19)6-7-11(12)15)17(24)23-16-13(20)4-3-5-14(16)21/h3-9,22H,1-2H3,(H,23,24). The largest absolute Gasteiger partial charge is 0.361 e. The summed E-state index contributed by atoms with van der Waals surface area (Å²) in [6.45, 7) is 3.26. The minimum Gasteiger partial charge on any atom is -0.361 e. The van der Waals surface area contributed by atoms with Gasteiger partial charge in [0.05, 0.1) is 5.41 Å². The van der Waals surface area contributed by atoms with Crippen molar-refractivity contribution >= 4 is 22.5 Å². The van der Waals surface area contributed by atoms with Crippen LogP contribution in [0.1, 0.15) is 19.4 Å². The average molecular weight is 332 g/mol. The molecule has 1 heterocycles. The third-order valence-electron chi connectivity index (χ3n) is 4.09. The normalized spacial score (nSPS) is 11.7. The van der Waals surface area contributed by atoms with E-state index in [1.54, 1.807) is 26.1 Å². The van der Waals surface area contributed by atoms with Crippen LogP contribution in [0.5, 0.6) is 0 Å². The van der Waals surface area contributed by atoms with Gasteiger partial charge in [-0.05, 0) is 49.7 Å². The molecule has 0 aliphatic rings. The Morgan fingerprint density at radius 1 is 1.08 bits per heavy atom. The average Bonchev–Trinajstić information content (AvgIpc) is 2.94. The lowest BCUT2D eigenvalue weighted by molar-refractivity contribution is -0.120. The highest BCUT2D eigenvalue weighted by Gasteiger charge is 2.33. The van der Waals surface area contributed by atoms with Crippen LogP contribution in [-0.4, -0.2) is 10.9 Å². The molecule has 2 aromatic carbocycles. The van der Waals surface area contributed by atoms with Gasteiger partial charge in [-0.2, -0.15) is 0 Å². The predicted octanol–water partition coefficient (Wildman–Crippen LogP) is 4.50. The number of fused-ring (bicyclic) bond motifs is 1. The summed E-state index contributed by atoms with van der Waals surface area (Å²) in [5.41, 5.74) is -0.429. The minimum absolute atomic E-state index is 0.397. The van der Waals surface area contributed by atoms with Crippen molar-refractivity contribution in [1.29, 1.82) is 0 Å². The summed E-state index contributed by atoms with van der Waals surface area (Å²) in [4.78, 5) is 15.5. The fourth-order valence-electron chi connectivity index (χ4n) is 2.62. The minimum atomic E-state index is -1.09.